The molecule has 2 aromatic carbocycles. The molecule has 4 heteroatoms. The molecule has 2 aromatic rings. The van der Waals surface area contributed by atoms with E-state index in [1.54, 1.807) is 0 Å². The lowest BCUT2D eigenvalue weighted by Crippen LogP contribution is -2.33. The summed E-state index contributed by atoms with van der Waals surface area (Å²) in [6.45, 7) is 2.08. The van der Waals surface area contributed by atoms with Gasteiger partial charge in [-0.1, -0.05) is 30.3 Å². The number of aliphatic hydroxyl groups excluding tert-OH is 2. The zero-order valence-electron chi connectivity index (χ0n) is 17.7. The Kier molecular flexibility index (Phi) is 5.57. The molecule has 1 heterocycles. The van der Waals surface area contributed by atoms with E-state index in [0.717, 1.165) is 29.6 Å². The Morgan fingerprint density at radius 3 is 2.47 bits per heavy atom. The number of hydrogen-bond donors (Lipinski definition) is 2. The summed E-state index contributed by atoms with van der Waals surface area (Å²) >= 11 is 0. The highest BCUT2D eigenvalue weighted by atomic mass is 16.5. The highest BCUT2D eigenvalue weighted by Crippen LogP contribution is 2.52. The van der Waals surface area contributed by atoms with E-state index in [9.17, 15) is 10.2 Å². The van der Waals surface area contributed by atoms with E-state index in [2.05, 4.69) is 49.4 Å². The van der Waals surface area contributed by atoms with E-state index in [0.29, 0.717) is 18.9 Å². The number of ether oxygens (including phenoxy) is 2. The van der Waals surface area contributed by atoms with Gasteiger partial charge in [-0.3, -0.25) is 0 Å². The Morgan fingerprint density at radius 2 is 1.73 bits per heavy atom. The smallest absolute Gasteiger partial charge is 0.119 e. The van der Waals surface area contributed by atoms with Crippen molar-refractivity contribution in [3.8, 4) is 5.75 Å². The van der Waals surface area contributed by atoms with Gasteiger partial charge in [-0.25, -0.2) is 0 Å². The Hall–Kier alpha value is -1.88. The molecule has 5 unspecified atom stereocenters. The largest absolute Gasteiger partial charge is 0.490 e. The van der Waals surface area contributed by atoms with Crippen molar-refractivity contribution in [3.05, 3.63) is 64.7 Å². The van der Waals surface area contributed by atoms with E-state index in [1.165, 1.54) is 36.0 Å². The van der Waals surface area contributed by atoms with Crippen LogP contribution in [0.4, 0.5) is 0 Å². The maximum Gasteiger partial charge on any atom is 0.119 e. The maximum absolute atomic E-state index is 10.1. The highest BCUT2D eigenvalue weighted by Gasteiger charge is 2.46. The third-order valence-corrected chi connectivity index (χ3v) is 7.15. The molecule has 1 aliphatic heterocycles. The summed E-state index contributed by atoms with van der Waals surface area (Å²) < 4.78 is 12.2. The average Bonchev–Trinajstić information content (AvgIpc) is 3.36. The summed E-state index contributed by atoms with van der Waals surface area (Å²) in [6.07, 6.45) is 5.34. The van der Waals surface area contributed by atoms with Crippen molar-refractivity contribution >= 4 is 0 Å². The Morgan fingerprint density at radius 1 is 0.967 bits per heavy atom. The number of hydrogen-bond acceptors (Lipinski definition) is 4. The second kappa shape index (κ2) is 8.33. The SMILES string of the molecule is Cc1ccc(C2CC(O)CC(CO)O2)cc1Cc1ccc(OC2CC3CC3C2)cc1. The molecule has 1 saturated heterocycles. The predicted molar refractivity (Wildman–Crippen MR) is 116 cm³/mol. The molecule has 2 saturated carbocycles. The van der Waals surface area contributed by atoms with Gasteiger partial charge in [0.2, 0.25) is 0 Å². The van der Waals surface area contributed by atoms with Gasteiger partial charge in [-0.05, 0) is 78.8 Å². The van der Waals surface area contributed by atoms with Crippen LogP contribution in [0.3, 0.4) is 0 Å². The molecule has 3 aliphatic rings. The van der Waals surface area contributed by atoms with Gasteiger partial charge in [-0.15, -0.1) is 0 Å². The van der Waals surface area contributed by atoms with E-state index in [1.807, 2.05) is 0 Å². The monoisotopic (exact) mass is 408 g/mol. The molecule has 0 radical (unpaired) electrons. The van der Waals surface area contributed by atoms with Crippen LogP contribution in [-0.2, 0) is 11.2 Å². The first-order chi connectivity index (χ1) is 14.6. The molecule has 5 rings (SSSR count). The molecule has 0 amide bonds. The molecular weight excluding hydrogens is 376 g/mol. The Labute approximate surface area is 178 Å². The molecule has 160 valence electrons. The molecule has 30 heavy (non-hydrogen) atoms. The second-order valence-corrected chi connectivity index (χ2v) is 9.53. The third kappa shape index (κ3) is 4.41. The molecule has 0 spiro atoms. The number of benzene rings is 2. The van der Waals surface area contributed by atoms with Crippen LogP contribution in [0.1, 0.15) is 60.5 Å². The summed E-state index contributed by atoms with van der Waals surface area (Å²) in [5.41, 5.74) is 4.85. The van der Waals surface area contributed by atoms with Crippen LogP contribution in [0.25, 0.3) is 0 Å². The summed E-state index contributed by atoms with van der Waals surface area (Å²) in [5, 5.41) is 19.6. The Balaban J connectivity index is 1.25. The van der Waals surface area contributed by atoms with Gasteiger partial charge in [0, 0.05) is 12.8 Å². The molecule has 0 aromatic heterocycles. The van der Waals surface area contributed by atoms with Crippen LogP contribution < -0.4 is 4.74 Å². The van der Waals surface area contributed by atoms with Crippen molar-refractivity contribution in [1.82, 2.24) is 0 Å². The average molecular weight is 409 g/mol. The van der Waals surface area contributed by atoms with Gasteiger partial charge in [0.25, 0.3) is 0 Å². The standard InChI is InChI=1S/C26H32O4/c1-16-2-5-18(26-14-22(28)13-25(15-27)30-26)9-19(16)8-17-3-6-23(7-4-17)29-24-11-20-10-21(20)12-24/h2-7,9,20-22,24-28H,8,10-15H2,1H3. The number of rotatable bonds is 6. The summed E-state index contributed by atoms with van der Waals surface area (Å²) in [5.74, 6) is 2.85. The lowest BCUT2D eigenvalue weighted by atomic mass is 9.92. The first kappa shape index (κ1) is 20.0. The minimum Gasteiger partial charge on any atom is -0.490 e. The number of fused-ring (bicyclic) bond motifs is 1. The summed E-state index contributed by atoms with van der Waals surface area (Å²) in [6, 6.07) is 14.9. The predicted octanol–water partition coefficient (Wildman–Crippen LogP) is 4.34. The van der Waals surface area contributed by atoms with Crippen molar-refractivity contribution in [2.75, 3.05) is 6.61 Å². The molecule has 2 aliphatic carbocycles. The topological polar surface area (TPSA) is 58.9 Å². The molecular formula is C26H32O4. The van der Waals surface area contributed by atoms with Crippen molar-refractivity contribution in [3.63, 3.8) is 0 Å². The van der Waals surface area contributed by atoms with Crippen LogP contribution in [0, 0.1) is 18.8 Å². The zero-order valence-corrected chi connectivity index (χ0v) is 17.7. The fourth-order valence-electron chi connectivity index (χ4n) is 5.26. The fraction of sp³-hybridized carbons (Fsp3) is 0.538. The van der Waals surface area contributed by atoms with Crippen LogP contribution >= 0.6 is 0 Å². The van der Waals surface area contributed by atoms with E-state index < -0.39 is 6.10 Å². The summed E-state index contributed by atoms with van der Waals surface area (Å²) in [4.78, 5) is 0. The van der Waals surface area contributed by atoms with Gasteiger partial charge in [-0.2, -0.15) is 0 Å². The van der Waals surface area contributed by atoms with Crippen LogP contribution in [-0.4, -0.2) is 35.1 Å². The van der Waals surface area contributed by atoms with Crippen LogP contribution in [0.2, 0.25) is 0 Å². The number of aliphatic hydroxyl groups is 2. The quantitative estimate of drug-likeness (QED) is 0.747. The molecule has 3 fully saturated rings. The first-order valence-corrected chi connectivity index (χ1v) is 11.4. The van der Waals surface area contributed by atoms with Crippen LogP contribution in [0.15, 0.2) is 42.5 Å². The van der Waals surface area contributed by atoms with Crippen LogP contribution in [0.5, 0.6) is 5.75 Å². The minimum absolute atomic E-state index is 0.0527. The van der Waals surface area contributed by atoms with Crippen molar-refractivity contribution in [1.29, 1.82) is 0 Å². The van der Waals surface area contributed by atoms with Crippen molar-refractivity contribution in [2.45, 2.75) is 69.9 Å². The fourth-order valence-corrected chi connectivity index (χ4v) is 5.26. The zero-order chi connectivity index (χ0) is 20.7. The molecule has 4 nitrogen and oxygen atoms in total. The van der Waals surface area contributed by atoms with Crippen molar-refractivity contribution in [2.24, 2.45) is 11.8 Å². The second-order valence-electron chi connectivity index (χ2n) is 9.53. The lowest BCUT2D eigenvalue weighted by Gasteiger charge is -2.32. The highest BCUT2D eigenvalue weighted by molar-refractivity contribution is 5.38. The maximum atomic E-state index is 10.1. The molecule has 2 N–H and O–H groups in total. The van der Waals surface area contributed by atoms with Crippen molar-refractivity contribution < 1.29 is 19.7 Å². The van der Waals surface area contributed by atoms with Gasteiger partial charge in [0.1, 0.15) is 5.75 Å². The minimum atomic E-state index is -0.427. The van der Waals surface area contributed by atoms with E-state index in [4.69, 9.17) is 9.47 Å². The van der Waals surface area contributed by atoms with E-state index >= 15 is 0 Å². The Bertz CT molecular complexity index is 867. The van der Waals surface area contributed by atoms with Gasteiger partial charge < -0.3 is 19.7 Å². The van der Waals surface area contributed by atoms with Gasteiger partial charge >= 0.3 is 0 Å². The molecule has 0 bridgehead atoms. The molecule has 5 atom stereocenters. The summed E-state index contributed by atoms with van der Waals surface area (Å²) in [7, 11) is 0. The normalized spacial score (nSPS) is 32.6. The van der Waals surface area contributed by atoms with Gasteiger partial charge in [0.05, 0.1) is 31.0 Å². The van der Waals surface area contributed by atoms with E-state index in [-0.39, 0.29) is 18.8 Å². The lowest BCUT2D eigenvalue weighted by molar-refractivity contribution is -0.113. The number of aryl methyl sites for hydroxylation is 1. The van der Waals surface area contributed by atoms with Gasteiger partial charge in [0.15, 0.2) is 0 Å². The third-order valence-electron chi connectivity index (χ3n) is 7.15. The first-order valence-electron chi connectivity index (χ1n) is 11.4.